The molecule has 22 heavy (non-hydrogen) atoms. The van der Waals surface area contributed by atoms with E-state index in [0.717, 1.165) is 19.5 Å². The zero-order valence-corrected chi connectivity index (χ0v) is 13.1. The summed E-state index contributed by atoms with van der Waals surface area (Å²) in [6, 6.07) is 1.69. The van der Waals surface area contributed by atoms with E-state index in [0.29, 0.717) is 18.2 Å². The van der Waals surface area contributed by atoms with Crippen molar-refractivity contribution in [2.24, 2.45) is 0 Å². The molecule has 1 N–H and O–H groups in total. The van der Waals surface area contributed by atoms with Crippen LogP contribution in [0.25, 0.3) is 0 Å². The molecule has 118 valence electrons. The first-order chi connectivity index (χ1) is 10.8. The van der Waals surface area contributed by atoms with Gasteiger partial charge in [-0.3, -0.25) is 4.79 Å². The van der Waals surface area contributed by atoms with Gasteiger partial charge in [0.2, 0.25) is 5.95 Å². The highest BCUT2D eigenvalue weighted by atomic mass is 16.1. The maximum atomic E-state index is 12.2. The van der Waals surface area contributed by atoms with Crippen molar-refractivity contribution in [3.8, 4) is 0 Å². The predicted octanol–water partition coefficient (Wildman–Crippen LogP) is 2.70. The monoisotopic (exact) mass is 300 g/mol. The van der Waals surface area contributed by atoms with Crippen molar-refractivity contribution in [3.63, 3.8) is 0 Å². The minimum atomic E-state index is -0.0979. The largest absolute Gasteiger partial charge is 0.350 e. The summed E-state index contributed by atoms with van der Waals surface area (Å²) >= 11 is 0. The summed E-state index contributed by atoms with van der Waals surface area (Å²) < 4.78 is 0. The second-order valence-corrected chi connectivity index (χ2v) is 6.05. The molecule has 0 radical (unpaired) electrons. The molecule has 2 heterocycles. The smallest absolute Gasteiger partial charge is 0.270 e. The van der Waals surface area contributed by atoms with E-state index in [9.17, 15) is 4.79 Å². The second kappa shape index (κ2) is 7.38. The Hall–Kier alpha value is -1.91. The highest BCUT2D eigenvalue weighted by Crippen LogP contribution is 2.19. The Kier molecular flexibility index (Phi) is 5.03. The molecule has 1 aromatic rings. The molecule has 0 saturated carbocycles. The third-order valence-electron chi connectivity index (χ3n) is 4.38. The molecule has 1 saturated heterocycles. The molecule has 1 aliphatic heterocycles. The van der Waals surface area contributed by atoms with Crippen LogP contribution in [0.1, 0.15) is 55.4 Å². The van der Waals surface area contributed by atoms with Crippen LogP contribution in [0.15, 0.2) is 23.9 Å². The van der Waals surface area contributed by atoms with Crippen LogP contribution in [0.5, 0.6) is 0 Å². The van der Waals surface area contributed by atoms with E-state index in [1.807, 2.05) is 0 Å². The minimum Gasteiger partial charge on any atom is -0.350 e. The molecule has 0 bridgehead atoms. The average molecular weight is 300 g/mol. The summed E-state index contributed by atoms with van der Waals surface area (Å²) in [6.45, 7) is 2.66. The highest BCUT2D eigenvalue weighted by molar-refractivity contribution is 5.92. The van der Waals surface area contributed by atoms with Gasteiger partial charge in [0.25, 0.3) is 5.91 Å². The lowest BCUT2D eigenvalue weighted by Gasteiger charge is -2.15. The maximum absolute atomic E-state index is 12.2. The summed E-state index contributed by atoms with van der Waals surface area (Å²) in [6.07, 6.45) is 12.3. The zero-order chi connectivity index (χ0) is 15.2. The Bertz CT molecular complexity index is 549. The summed E-state index contributed by atoms with van der Waals surface area (Å²) in [5, 5.41) is 2.98. The van der Waals surface area contributed by atoms with Gasteiger partial charge in [-0.25, -0.2) is 9.97 Å². The van der Waals surface area contributed by atoms with Crippen molar-refractivity contribution in [2.75, 3.05) is 24.5 Å². The van der Waals surface area contributed by atoms with Gasteiger partial charge in [0.05, 0.1) is 0 Å². The molecule has 0 atom stereocenters. The quantitative estimate of drug-likeness (QED) is 0.849. The van der Waals surface area contributed by atoms with Gasteiger partial charge >= 0.3 is 0 Å². The summed E-state index contributed by atoms with van der Waals surface area (Å²) in [5.74, 6) is 0.583. The molecule has 1 aromatic heterocycles. The Labute approximate surface area is 131 Å². The summed E-state index contributed by atoms with van der Waals surface area (Å²) in [7, 11) is 0. The Balaban J connectivity index is 1.53. The van der Waals surface area contributed by atoms with Crippen LogP contribution in [-0.2, 0) is 0 Å². The predicted molar refractivity (Wildman–Crippen MR) is 87.0 cm³/mol. The van der Waals surface area contributed by atoms with Gasteiger partial charge in [-0.05, 0) is 51.0 Å². The average Bonchev–Trinajstić information content (AvgIpc) is 3.10. The van der Waals surface area contributed by atoms with Crippen LogP contribution in [0.2, 0.25) is 0 Å². The number of allylic oxidation sites excluding steroid dienone is 1. The fraction of sp³-hybridized carbons (Fsp3) is 0.588. The van der Waals surface area contributed by atoms with Crippen molar-refractivity contribution >= 4 is 11.9 Å². The molecule has 0 unspecified atom stereocenters. The van der Waals surface area contributed by atoms with Crippen LogP contribution in [0, 0.1) is 0 Å². The molecule has 3 rings (SSSR count). The van der Waals surface area contributed by atoms with Gasteiger partial charge in [-0.2, -0.15) is 0 Å². The zero-order valence-electron chi connectivity index (χ0n) is 13.1. The molecule has 1 aliphatic carbocycles. The number of aromatic nitrogens is 2. The fourth-order valence-corrected chi connectivity index (χ4v) is 3.10. The van der Waals surface area contributed by atoms with E-state index < -0.39 is 0 Å². The van der Waals surface area contributed by atoms with Crippen LogP contribution in [0.4, 0.5) is 5.95 Å². The number of anilines is 1. The molecule has 0 aromatic carbocycles. The molecular formula is C17H24N4O. The second-order valence-electron chi connectivity index (χ2n) is 6.05. The van der Waals surface area contributed by atoms with Crippen molar-refractivity contribution < 1.29 is 4.79 Å². The molecular weight excluding hydrogens is 276 g/mol. The topological polar surface area (TPSA) is 58.1 Å². The van der Waals surface area contributed by atoms with Gasteiger partial charge in [-0.1, -0.05) is 11.6 Å². The molecule has 2 aliphatic rings. The Morgan fingerprint density at radius 1 is 1.23 bits per heavy atom. The molecule has 5 nitrogen and oxygen atoms in total. The van der Waals surface area contributed by atoms with Gasteiger partial charge in [0.1, 0.15) is 5.69 Å². The van der Waals surface area contributed by atoms with E-state index in [2.05, 4.69) is 26.3 Å². The normalized spacial score (nSPS) is 18.2. The van der Waals surface area contributed by atoms with Crippen LogP contribution < -0.4 is 10.2 Å². The van der Waals surface area contributed by atoms with E-state index >= 15 is 0 Å². The molecule has 0 spiro atoms. The summed E-state index contributed by atoms with van der Waals surface area (Å²) in [4.78, 5) is 23.0. The van der Waals surface area contributed by atoms with E-state index in [4.69, 9.17) is 0 Å². The van der Waals surface area contributed by atoms with Crippen LogP contribution >= 0.6 is 0 Å². The lowest BCUT2D eigenvalue weighted by molar-refractivity contribution is 0.0949. The lowest BCUT2D eigenvalue weighted by atomic mass is 9.97. The molecule has 5 heteroatoms. The minimum absolute atomic E-state index is 0.0979. The number of carbonyl (C=O) groups is 1. The Morgan fingerprint density at radius 3 is 2.86 bits per heavy atom. The van der Waals surface area contributed by atoms with Crippen molar-refractivity contribution in [2.45, 2.75) is 44.9 Å². The number of nitrogens with one attached hydrogen (secondary N) is 1. The number of hydrogen-bond acceptors (Lipinski definition) is 4. The summed E-state index contributed by atoms with van der Waals surface area (Å²) in [5.41, 5.74) is 1.95. The SMILES string of the molecule is O=C(NCCC1=CCCCC1)c1ccnc(N2CCCC2)n1. The van der Waals surface area contributed by atoms with Crippen molar-refractivity contribution in [1.82, 2.24) is 15.3 Å². The number of carbonyl (C=O) groups excluding carboxylic acids is 1. The Morgan fingerprint density at radius 2 is 2.09 bits per heavy atom. The van der Waals surface area contributed by atoms with Gasteiger partial charge in [-0.15, -0.1) is 0 Å². The first kappa shape index (κ1) is 15.0. The third kappa shape index (κ3) is 3.84. The number of rotatable bonds is 5. The van der Waals surface area contributed by atoms with E-state index in [1.54, 1.807) is 12.3 Å². The van der Waals surface area contributed by atoms with Crippen LogP contribution in [0.3, 0.4) is 0 Å². The highest BCUT2D eigenvalue weighted by Gasteiger charge is 2.16. The van der Waals surface area contributed by atoms with Crippen molar-refractivity contribution in [1.29, 1.82) is 0 Å². The van der Waals surface area contributed by atoms with E-state index in [1.165, 1.54) is 44.1 Å². The van der Waals surface area contributed by atoms with Gasteiger partial charge in [0, 0.05) is 25.8 Å². The van der Waals surface area contributed by atoms with Crippen LogP contribution in [-0.4, -0.2) is 35.5 Å². The maximum Gasteiger partial charge on any atom is 0.270 e. The fourth-order valence-electron chi connectivity index (χ4n) is 3.10. The van der Waals surface area contributed by atoms with Gasteiger partial charge < -0.3 is 10.2 Å². The standard InChI is InChI=1S/C17H24N4O/c22-16(18-10-8-14-6-2-1-3-7-14)15-9-11-19-17(20-15)21-12-4-5-13-21/h6,9,11H,1-5,7-8,10,12-13H2,(H,18,22). The first-order valence-electron chi connectivity index (χ1n) is 8.37. The third-order valence-corrected chi connectivity index (χ3v) is 4.38. The first-order valence-corrected chi connectivity index (χ1v) is 8.37. The van der Waals surface area contributed by atoms with E-state index in [-0.39, 0.29) is 5.91 Å². The number of nitrogens with zero attached hydrogens (tertiary/aromatic N) is 3. The van der Waals surface area contributed by atoms with Crippen molar-refractivity contribution in [3.05, 3.63) is 29.6 Å². The van der Waals surface area contributed by atoms with Gasteiger partial charge in [0.15, 0.2) is 0 Å². The molecule has 1 fully saturated rings. The number of hydrogen-bond donors (Lipinski definition) is 1. The molecule has 1 amide bonds. The lowest BCUT2D eigenvalue weighted by Crippen LogP contribution is -2.27. The number of amides is 1.